The molecule has 0 radical (unpaired) electrons. The van der Waals surface area contributed by atoms with Gasteiger partial charge in [-0.2, -0.15) is 0 Å². The average molecular weight is 453 g/mol. The molecule has 0 saturated heterocycles. The number of hydrogen-bond donors (Lipinski definition) is 1. The number of carbonyl (C=O) groups is 2. The Morgan fingerprint density at radius 3 is 2.85 bits per heavy atom. The number of hydrogen-bond acceptors (Lipinski definition) is 8. The van der Waals surface area contributed by atoms with Crippen LogP contribution in [0.25, 0.3) is 11.0 Å². The Morgan fingerprint density at radius 1 is 1.30 bits per heavy atom. The van der Waals surface area contributed by atoms with Crippen LogP contribution in [0.5, 0.6) is 5.75 Å². The first-order valence-electron chi connectivity index (χ1n) is 7.65. The highest BCUT2D eigenvalue weighted by Crippen LogP contribution is 2.23. The van der Waals surface area contributed by atoms with Gasteiger partial charge in [0.05, 0.1) is 9.98 Å². The number of nitrogens with one attached hydrogen (secondary N) is 1. The summed E-state index contributed by atoms with van der Waals surface area (Å²) in [5, 5.41) is 3.67. The molecule has 0 aliphatic heterocycles. The van der Waals surface area contributed by atoms with E-state index < -0.39 is 30.7 Å². The fourth-order valence-corrected chi connectivity index (χ4v) is 3.32. The van der Waals surface area contributed by atoms with Gasteiger partial charge in [-0.15, -0.1) is 0 Å². The van der Waals surface area contributed by atoms with Crippen LogP contribution in [-0.4, -0.2) is 30.1 Å². The number of benzene rings is 1. The van der Waals surface area contributed by atoms with Crippen molar-refractivity contribution in [2.45, 2.75) is 6.92 Å². The Bertz CT molecular complexity index is 1060. The summed E-state index contributed by atoms with van der Waals surface area (Å²) in [7, 11) is 0. The maximum atomic E-state index is 11.7. The number of rotatable bonds is 6. The molecular weight excluding hydrogens is 440 g/mol. The normalized spacial score (nSPS) is 10.6. The Balaban J connectivity index is 1.50. The van der Waals surface area contributed by atoms with E-state index in [9.17, 15) is 14.4 Å². The average Bonchev–Trinajstić information content (AvgIpc) is 3.02. The predicted octanol–water partition coefficient (Wildman–Crippen LogP) is 2.88. The highest BCUT2D eigenvalue weighted by molar-refractivity contribution is 9.11. The first kappa shape index (κ1) is 19.1. The Morgan fingerprint density at radius 2 is 2.11 bits per heavy atom. The topological polar surface area (TPSA) is 108 Å². The van der Waals surface area contributed by atoms with E-state index in [0.717, 1.165) is 14.7 Å². The zero-order chi connectivity index (χ0) is 19.4. The molecule has 0 spiro atoms. The van der Waals surface area contributed by atoms with Gasteiger partial charge in [-0.05, 0) is 40.5 Å². The molecule has 1 amide bonds. The standard InChI is InChI=1S/C17H13BrN2O6S/c1-9-4-15(22)26-12-5-10(2-3-11(9)12)24-8-16(23)25-7-14(21)20-17-19-6-13(18)27-17/h2-6H,7-8H2,1H3,(H,19,20,21). The molecule has 2 aromatic heterocycles. The number of ether oxygens (including phenoxy) is 2. The second kappa shape index (κ2) is 8.31. The van der Waals surface area contributed by atoms with E-state index in [-0.39, 0.29) is 0 Å². The summed E-state index contributed by atoms with van der Waals surface area (Å²) in [5.74, 6) is -0.880. The van der Waals surface area contributed by atoms with E-state index in [0.29, 0.717) is 16.5 Å². The summed E-state index contributed by atoms with van der Waals surface area (Å²) < 4.78 is 16.1. The van der Waals surface area contributed by atoms with Crippen molar-refractivity contribution < 1.29 is 23.5 Å². The van der Waals surface area contributed by atoms with E-state index in [4.69, 9.17) is 13.9 Å². The molecule has 0 fully saturated rings. The smallest absolute Gasteiger partial charge is 0.344 e. The lowest BCUT2D eigenvalue weighted by atomic mass is 10.1. The van der Waals surface area contributed by atoms with E-state index in [1.54, 1.807) is 25.3 Å². The minimum atomic E-state index is -0.712. The largest absolute Gasteiger partial charge is 0.482 e. The number of fused-ring (bicyclic) bond motifs is 1. The third kappa shape index (κ3) is 5.14. The number of aromatic nitrogens is 1. The molecule has 0 aliphatic carbocycles. The van der Waals surface area contributed by atoms with Crippen LogP contribution in [0.15, 0.2) is 43.5 Å². The summed E-state index contributed by atoms with van der Waals surface area (Å²) >= 11 is 4.47. The van der Waals surface area contributed by atoms with Crippen molar-refractivity contribution in [2.75, 3.05) is 18.5 Å². The number of nitrogens with zero attached hydrogens (tertiary/aromatic N) is 1. The number of esters is 1. The van der Waals surface area contributed by atoms with Crippen LogP contribution in [0.1, 0.15) is 5.56 Å². The molecule has 0 aliphatic rings. The van der Waals surface area contributed by atoms with E-state index in [2.05, 4.69) is 26.2 Å². The van der Waals surface area contributed by atoms with Crippen molar-refractivity contribution in [3.63, 3.8) is 0 Å². The minimum absolute atomic E-state index is 0.338. The van der Waals surface area contributed by atoms with Crippen LogP contribution in [0.3, 0.4) is 0 Å². The maximum Gasteiger partial charge on any atom is 0.344 e. The van der Waals surface area contributed by atoms with Crippen molar-refractivity contribution in [3.8, 4) is 5.75 Å². The van der Waals surface area contributed by atoms with Gasteiger partial charge in [0, 0.05) is 17.5 Å². The molecule has 0 saturated carbocycles. The Hall–Kier alpha value is -2.72. The van der Waals surface area contributed by atoms with Gasteiger partial charge in [0.15, 0.2) is 18.3 Å². The molecule has 1 aromatic carbocycles. The maximum absolute atomic E-state index is 11.7. The summed E-state index contributed by atoms with van der Waals surface area (Å²) in [6, 6.07) is 6.29. The van der Waals surface area contributed by atoms with Crippen LogP contribution < -0.4 is 15.7 Å². The fourth-order valence-electron chi connectivity index (χ4n) is 2.19. The molecule has 3 rings (SSSR count). The predicted molar refractivity (Wildman–Crippen MR) is 102 cm³/mol. The van der Waals surface area contributed by atoms with Crippen LogP contribution in [0, 0.1) is 6.92 Å². The number of aryl methyl sites for hydroxylation is 1. The molecule has 10 heteroatoms. The number of halogens is 1. The zero-order valence-electron chi connectivity index (χ0n) is 14.0. The van der Waals surface area contributed by atoms with Gasteiger partial charge in [0.2, 0.25) is 0 Å². The van der Waals surface area contributed by atoms with Crippen LogP contribution >= 0.6 is 27.3 Å². The molecule has 8 nitrogen and oxygen atoms in total. The zero-order valence-corrected chi connectivity index (χ0v) is 16.4. The van der Waals surface area contributed by atoms with E-state index in [1.165, 1.54) is 23.5 Å². The number of carbonyl (C=O) groups excluding carboxylic acids is 2. The molecule has 0 unspecified atom stereocenters. The number of amides is 1. The molecule has 27 heavy (non-hydrogen) atoms. The van der Waals surface area contributed by atoms with Gasteiger partial charge in [0.25, 0.3) is 5.91 Å². The van der Waals surface area contributed by atoms with Gasteiger partial charge >= 0.3 is 11.6 Å². The molecule has 2 heterocycles. The van der Waals surface area contributed by atoms with Crippen LogP contribution in [-0.2, 0) is 14.3 Å². The van der Waals surface area contributed by atoms with Crippen molar-refractivity contribution in [2.24, 2.45) is 0 Å². The molecule has 1 N–H and O–H groups in total. The first-order valence-corrected chi connectivity index (χ1v) is 9.26. The summed E-state index contributed by atoms with van der Waals surface area (Å²) in [4.78, 5) is 38.8. The van der Waals surface area contributed by atoms with E-state index in [1.807, 2.05) is 0 Å². The second-order valence-corrected chi connectivity index (χ2v) is 7.78. The van der Waals surface area contributed by atoms with Crippen molar-refractivity contribution in [1.29, 1.82) is 0 Å². The molecule has 140 valence electrons. The lowest BCUT2D eigenvalue weighted by Gasteiger charge is -2.08. The highest BCUT2D eigenvalue weighted by Gasteiger charge is 2.11. The van der Waals surface area contributed by atoms with Gasteiger partial charge in [-0.25, -0.2) is 14.6 Å². The third-order valence-corrected chi connectivity index (χ3v) is 4.76. The van der Waals surface area contributed by atoms with E-state index >= 15 is 0 Å². The monoisotopic (exact) mass is 452 g/mol. The van der Waals surface area contributed by atoms with Crippen LogP contribution in [0.2, 0.25) is 0 Å². The third-order valence-electron chi connectivity index (χ3n) is 3.37. The Labute approximate surface area is 165 Å². The van der Waals surface area contributed by atoms with Gasteiger partial charge < -0.3 is 13.9 Å². The van der Waals surface area contributed by atoms with Crippen molar-refractivity contribution in [3.05, 3.63) is 50.2 Å². The van der Waals surface area contributed by atoms with Crippen LogP contribution in [0.4, 0.5) is 5.13 Å². The number of anilines is 1. The van der Waals surface area contributed by atoms with Gasteiger partial charge in [0.1, 0.15) is 11.3 Å². The van der Waals surface area contributed by atoms with Crippen molar-refractivity contribution in [1.82, 2.24) is 4.98 Å². The highest BCUT2D eigenvalue weighted by atomic mass is 79.9. The minimum Gasteiger partial charge on any atom is -0.482 e. The summed E-state index contributed by atoms with van der Waals surface area (Å²) in [6.45, 7) is 0.954. The van der Waals surface area contributed by atoms with Gasteiger partial charge in [-0.1, -0.05) is 11.3 Å². The fraction of sp³-hybridized carbons (Fsp3) is 0.176. The quantitative estimate of drug-likeness (QED) is 0.452. The SMILES string of the molecule is Cc1cc(=O)oc2cc(OCC(=O)OCC(=O)Nc3ncc(Br)s3)ccc12. The summed E-state index contributed by atoms with van der Waals surface area (Å²) in [5.41, 5.74) is 0.681. The summed E-state index contributed by atoms with van der Waals surface area (Å²) in [6.07, 6.45) is 1.55. The van der Waals surface area contributed by atoms with Gasteiger partial charge in [-0.3, -0.25) is 10.1 Å². The molecule has 3 aromatic rings. The Kier molecular flexibility index (Phi) is 5.87. The van der Waals surface area contributed by atoms with Crippen molar-refractivity contribution >= 4 is 55.2 Å². The number of thiazole rings is 1. The molecule has 0 atom stereocenters. The second-order valence-electron chi connectivity index (χ2n) is 5.37. The lowest BCUT2D eigenvalue weighted by Crippen LogP contribution is -2.23. The molecular formula is C17H13BrN2O6S. The first-order chi connectivity index (χ1) is 12.9. The lowest BCUT2D eigenvalue weighted by molar-refractivity contribution is -0.149. The molecule has 0 bridgehead atoms.